The van der Waals surface area contributed by atoms with Crippen molar-refractivity contribution < 1.29 is 18.3 Å². The lowest BCUT2D eigenvalue weighted by atomic mass is 9.70. The number of halogens is 4. The van der Waals surface area contributed by atoms with Crippen LogP contribution in [0.25, 0.3) is 0 Å². The molecule has 0 aromatic carbocycles. The third kappa shape index (κ3) is 3.68. The number of rotatable bonds is 6. The lowest BCUT2D eigenvalue weighted by Gasteiger charge is -2.50. The first-order chi connectivity index (χ1) is 14.8. The smallest absolute Gasteiger partial charge is 0.241 e. The molecular formula is C23H38Cl4O4Si2. The zero-order chi connectivity index (χ0) is 25.6. The highest BCUT2D eigenvalue weighted by atomic mass is 35.5. The molecule has 0 spiro atoms. The Morgan fingerprint density at radius 1 is 0.909 bits per heavy atom. The maximum absolute atomic E-state index is 7.52. The van der Waals surface area contributed by atoms with Gasteiger partial charge in [-0.15, -0.1) is 23.2 Å². The first kappa shape index (κ1) is 28.3. The molecule has 3 rings (SSSR count). The quantitative estimate of drug-likeness (QED) is 0.185. The Kier molecular flexibility index (Phi) is 7.20. The molecule has 0 amide bonds. The van der Waals surface area contributed by atoms with Crippen LogP contribution in [0.5, 0.6) is 0 Å². The molecule has 0 heterocycles. The van der Waals surface area contributed by atoms with Gasteiger partial charge < -0.3 is 18.3 Å². The molecule has 0 aromatic rings. The van der Waals surface area contributed by atoms with Crippen molar-refractivity contribution in [2.75, 3.05) is 14.2 Å². The second-order valence-corrected chi connectivity index (χ2v) is 23.2. The molecular weight excluding hydrogens is 538 g/mol. The van der Waals surface area contributed by atoms with Crippen LogP contribution in [-0.2, 0) is 18.3 Å². The summed E-state index contributed by atoms with van der Waals surface area (Å²) in [5, 5.41) is 0.515. The molecule has 3 aliphatic rings. The van der Waals surface area contributed by atoms with Crippen molar-refractivity contribution in [2.24, 2.45) is 17.8 Å². The van der Waals surface area contributed by atoms with Crippen molar-refractivity contribution in [1.29, 1.82) is 0 Å². The average molecular weight is 577 g/mol. The fourth-order valence-corrected chi connectivity index (χ4v) is 9.98. The van der Waals surface area contributed by atoms with Gasteiger partial charge in [-0.25, -0.2) is 0 Å². The molecule has 4 nitrogen and oxygen atoms in total. The molecule has 0 N–H and O–H groups in total. The number of methoxy groups -OCH3 is 2. The van der Waals surface area contributed by atoms with E-state index in [1.165, 1.54) is 14.2 Å². The SMILES string of the molecule is COC1(OC)[C@@]2(Cl)C(Cl)=C(Cl)[C@]1(Cl)[C@@H]1[C@H](O[Si](C)(C)C(C)(C)C)[C@@H](C)C=C(O[Si](C)(C)C)[C@@H]12. The van der Waals surface area contributed by atoms with Gasteiger partial charge in [-0.2, -0.15) is 0 Å². The Balaban J connectivity index is 2.30. The molecule has 0 radical (unpaired) electrons. The summed E-state index contributed by atoms with van der Waals surface area (Å²) in [6.07, 6.45) is 1.86. The number of hydrogen-bond acceptors (Lipinski definition) is 4. The Hall–Kier alpha value is 0.754. The highest BCUT2D eigenvalue weighted by Gasteiger charge is 2.87. The van der Waals surface area contributed by atoms with Gasteiger partial charge in [0.05, 0.1) is 27.8 Å². The van der Waals surface area contributed by atoms with E-state index in [0.717, 1.165) is 5.76 Å². The average Bonchev–Trinajstić information content (AvgIpc) is 2.91. The fourth-order valence-electron chi connectivity index (χ4n) is 5.46. The molecule has 1 fully saturated rings. The van der Waals surface area contributed by atoms with E-state index in [4.69, 9.17) is 64.7 Å². The predicted molar refractivity (Wildman–Crippen MR) is 143 cm³/mol. The summed E-state index contributed by atoms with van der Waals surface area (Å²) in [7, 11) is -1.12. The second kappa shape index (κ2) is 8.39. The zero-order valence-corrected chi connectivity index (χ0v) is 26.6. The third-order valence-corrected chi connectivity index (χ3v) is 15.8. The first-order valence-corrected chi connectivity index (χ1v) is 19.2. The zero-order valence-electron chi connectivity index (χ0n) is 21.5. The normalized spacial score (nSPS) is 38.5. The number of alkyl halides is 2. The van der Waals surface area contributed by atoms with E-state index >= 15 is 0 Å². The summed E-state index contributed by atoms with van der Waals surface area (Å²) < 4.78 is 25.7. The van der Waals surface area contributed by atoms with E-state index in [0.29, 0.717) is 0 Å². The minimum atomic E-state index is -2.19. The summed E-state index contributed by atoms with van der Waals surface area (Å²) >= 11 is 28.7. The van der Waals surface area contributed by atoms with Crippen LogP contribution < -0.4 is 0 Å². The van der Waals surface area contributed by atoms with Gasteiger partial charge in [0.1, 0.15) is 9.75 Å². The Labute approximate surface area is 221 Å². The van der Waals surface area contributed by atoms with Crippen molar-refractivity contribution in [3.8, 4) is 0 Å². The van der Waals surface area contributed by atoms with Crippen LogP contribution in [0.2, 0.25) is 37.8 Å². The van der Waals surface area contributed by atoms with Gasteiger partial charge in [-0.3, -0.25) is 0 Å². The van der Waals surface area contributed by atoms with Gasteiger partial charge in [0.15, 0.2) is 8.32 Å². The van der Waals surface area contributed by atoms with Crippen LogP contribution in [0, 0.1) is 17.8 Å². The minimum absolute atomic E-state index is 0.00760. The van der Waals surface area contributed by atoms with Gasteiger partial charge in [0.25, 0.3) is 0 Å². The minimum Gasteiger partial charge on any atom is -0.547 e. The van der Waals surface area contributed by atoms with Gasteiger partial charge in [0, 0.05) is 26.1 Å². The molecule has 0 saturated heterocycles. The molecule has 33 heavy (non-hydrogen) atoms. The van der Waals surface area contributed by atoms with Crippen LogP contribution in [0.4, 0.5) is 0 Å². The van der Waals surface area contributed by atoms with E-state index < -0.39 is 38.1 Å². The van der Waals surface area contributed by atoms with Crippen LogP contribution in [0.3, 0.4) is 0 Å². The van der Waals surface area contributed by atoms with Gasteiger partial charge in [0.2, 0.25) is 14.1 Å². The topological polar surface area (TPSA) is 36.9 Å². The Bertz CT molecular complexity index is 875. The fraction of sp³-hybridized carbons (Fsp3) is 0.826. The molecule has 10 heteroatoms. The van der Waals surface area contributed by atoms with E-state index in [1.807, 2.05) is 0 Å². The Morgan fingerprint density at radius 3 is 1.82 bits per heavy atom. The standard InChI is InChI=1S/C23H38Cl4O4Si2/c1-13-12-14(30-32(7,8)9)15-16(17(13)31-33(10,11)20(2,3)4)22(27)19(25)18(24)21(15,26)23(22,28-5)29-6/h12-13,15-17H,1-11H3/t13-,15-,16-,17+,21-,22+/m0/s1. The molecule has 0 aliphatic heterocycles. The molecule has 3 aliphatic carbocycles. The monoisotopic (exact) mass is 574 g/mol. The molecule has 2 bridgehead atoms. The van der Waals surface area contributed by atoms with Crippen LogP contribution in [-0.4, -0.2) is 52.5 Å². The highest BCUT2D eigenvalue weighted by molar-refractivity contribution is 6.74. The van der Waals surface area contributed by atoms with E-state index in [2.05, 4.69) is 66.5 Å². The largest absolute Gasteiger partial charge is 0.547 e. The maximum atomic E-state index is 7.52. The van der Waals surface area contributed by atoms with Crippen molar-refractivity contribution >= 4 is 63.0 Å². The number of allylic oxidation sites excluding steroid dienone is 1. The maximum Gasteiger partial charge on any atom is 0.241 e. The molecule has 1 saturated carbocycles. The van der Waals surface area contributed by atoms with Crippen molar-refractivity contribution in [2.45, 2.75) is 87.1 Å². The van der Waals surface area contributed by atoms with E-state index in [-0.39, 0.29) is 33.0 Å². The molecule has 190 valence electrons. The number of fused-ring (bicyclic) bond motifs is 5. The second-order valence-electron chi connectivity index (χ2n) is 12.1. The molecule has 0 aromatic heterocycles. The highest BCUT2D eigenvalue weighted by Crippen LogP contribution is 2.77. The van der Waals surface area contributed by atoms with Crippen LogP contribution in [0.15, 0.2) is 21.9 Å². The van der Waals surface area contributed by atoms with Gasteiger partial charge in [-0.05, 0) is 43.8 Å². The van der Waals surface area contributed by atoms with Crippen LogP contribution >= 0.6 is 46.4 Å². The summed E-state index contributed by atoms with van der Waals surface area (Å²) in [5.74, 6) is -1.50. The summed E-state index contributed by atoms with van der Waals surface area (Å²) in [4.78, 5) is -2.70. The lowest BCUT2D eigenvalue weighted by Crippen LogP contribution is -2.59. The van der Waals surface area contributed by atoms with E-state index in [9.17, 15) is 0 Å². The molecule has 6 atom stereocenters. The predicted octanol–water partition coefficient (Wildman–Crippen LogP) is 7.66. The first-order valence-electron chi connectivity index (χ1n) is 11.4. The van der Waals surface area contributed by atoms with Crippen LogP contribution in [0.1, 0.15) is 27.7 Å². The lowest BCUT2D eigenvalue weighted by molar-refractivity contribution is -0.221. The summed E-state index contributed by atoms with van der Waals surface area (Å²) in [6, 6.07) is 0. The number of hydrogen-bond donors (Lipinski definition) is 0. The van der Waals surface area contributed by atoms with E-state index in [1.54, 1.807) is 0 Å². The summed E-state index contributed by atoms with van der Waals surface area (Å²) in [6.45, 7) is 19.7. The number of ether oxygens (including phenoxy) is 2. The van der Waals surface area contributed by atoms with Crippen molar-refractivity contribution in [1.82, 2.24) is 0 Å². The summed E-state index contributed by atoms with van der Waals surface area (Å²) in [5.41, 5.74) is 0. The van der Waals surface area contributed by atoms with Gasteiger partial charge in [-0.1, -0.05) is 50.9 Å². The third-order valence-electron chi connectivity index (χ3n) is 7.88. The molecule has 0 unspecified atom stereocenters. The van der Waals surface area contributed by atoms with Crippen molar-refractivity contribution in [3.63, 3.8) is 0 Å². The van der Waals surface area contributed by atoms with Crippen molar-refractivity contribution in [3.05, 3.63) is 21.9 Å². The Morgan fingerprint density at radius 2 is 1.39 bits per heavy atom. The van der Waals surface area contributed by atoms with Gasteiger partial charge >= 0.3 is 0 Å².